The minimum absolute atomic E-state index is 0.0315. The Labute approximate surface area is 290 Å². The van der Waals surface area contributed by atoms with E-state index in [1.54, 1.807) is 5.56 Å². The van der Waals surface area contributed by atoms with Crippen molar-refractivity contribution in [2.24, 2.45) is 0 Å². The summed E-state index contributed by atoms with van der Waals surface area (Å²) in [7, 11) is 0. The third-order valence-electron chi connectivity index (χ3n) is 12.4. The molecule has 4 aliphatic rings. The average Bonchev–Trinajstić information content (AvgIpc) is 3.34. The molecule has 3 aliphatic heterocycles. The molecule has 1 saturated carbocycles. The summed E-state index contributed by atoms with van der Waals surface area (Å²) in [6.07, 6.45) is 5.03. The van der Waals surface area contributed by atoms with Crippen LogP contribution in [0.2, 0.25) is 0 Å². The van der Waals surface area contributed by atoms with Crippen molar-refractivity contribution in [3.63, 3.8) is 0 Å². The van der Waals surface area contributed by atoms with E-state index in [1.807, 2.05) is 0 Å². The Balaban J connectivity index is 1.27. The molecule has 0 bridgehead atoms. The van der Waals surface area contributed by atoms with E-state index >= 15 is 0 Å². The van der Waals surface area contributed by atoms with Crippen LogP contribution in [0.4, 0.5) is 45.5 Å². The fourth-order valence-corrected chi connectivity index (χ4v) is 10.0. The minimum Gasteiger partial charge on any atom is -0.335 e. The Morgan fingerprint density at radius 1 is 0.592 bits per heavy atom. The summed E-state index contributed by atoms with van der Waals surface area (Å²) >= 11 is 0. The van der Waals surface area contributed by atoms with Crippen LogP contribution in [0, 0.1) is 6.92 Å². The Morgan fingerprint density at radius 3 is 1.96 bits per heavy atom. The highest BCUT2D eigenvalue weighted by Crippen LogP contribution is 2.61. The normalized spacial score (nSPS) is 21.1. The molecule has 4 heteroatoms. The lowest BCUT2D eigenvalue weighted by atomic mass is 9.33. The molecule has 0 radical (unpaired) electrons. The van der Waals surface area contributed by atoms with Crippen molar-refractivity contribution in [2.75, 3.05) is 14.7 Å². The maximum absolute atomic E-state index is 2.81. The molecule has 6 aromatic carbocycles. The summed E-state index contributed by atoms with van der Waals surface area (Å²) in [5.41, 5.74) is 17.4. The number of para-hydroxylation sites is 3. The predicted octanol–water partition coefficient (Wildman–Crippen LogP) is 9.82. The van der Waals surface area contributed by atoms with Gasteiger partial charge in [0.15, 0.2) is 0 Å². The SMILES string of the molecule is Cc1cc2c3c(c1)C1(C)CCCCC1(C)N3c1cccc3c1B2c1ccc(N(c2ccccc2)c2ccccc2)cc1N3c1ccccc1. The van der Waals surface area contributed by atoms with Crippen LogP contribution in [0.1, 0.15) is 50.7 Å². The summed E-state index contributed by atoms with van der Waals surface area (Å²) in [5, 5.41) is 0. The van der Waals surface area contributed by atoms with Crippen molar-refractivity contribution >= 4 is 68.6 Å². The molecule has 1 fully saturated rings. The first-order chi connectivity index (χ1) is 24.0. The van der Waals surface area contributed by atoms with Crippen LogP contribution in [0.3, 0.4) is 0 Å². The summed E-state index contributed by atoms with van der Waals surface area (Å²) in [6, 6.07) is 51.8. The molecular weight excluding hydrogens is 593 g/mol. The monoisotopic (exact) mass is 633 g/mol. The van der Waals surface area contributed by atoms with Gasteiger partial charge in [0, 0.05) is 50.9 Å². The molecule has 2 unspecified atom stereocenters. The van der Waals surface area contributed by atoms with E-state index in [2.05, 4.69) is 175 Å². The first kappa shape index (κ1) is 28.8. The van der Waals surface area contributed by atoms with Crippen LogP contribution in [-0.4, -0.2) is 12.3 Å². The quantitative estimate of drug-likeness (QED) is 0.179. The van der Waals surface area contributed by atoms with Crippen molar-refractivity contribution in [1.82, 2.24) is 0 Å². The van der Waals surface area contributed by atoms with E-state index in [0.717, 1.165) is 17.1 Å². The van der Waals surface area contributed by atoms with Crippen LogP contribution in [-0.2, 0) is 5.41 Å². The smallest absolute Gasteiger partial charge is 0.252 e. The number of rotatable bonds is 4. The number of fused-ring (bicyclic) bond motifs is 7. The van der Waals surface area contributed by atoms with Gasteiger partial charge in [0.2, 0.25) is 0 Å². The van der Waals surface area contributed by atoms with Gasteiger partial charge in [-0.25, -0.2) is 0 Å². The second-order valence-electron chi connectivity index (χ2n) is 15.0. The van der Waals surface area contributed by atoms with E-state index in [0.29, 0.717) is 0 Å². The van der Waals surface area contributed by atoms with Gasteiger partial charge in [-0.1, -0.05) is 104 Å². The summed E-state index contributed by atoms with van der Waals surface area (Å²) in [6.45, 7) is 7.58. The number of anilines is 8. The van der Waals surface area contributed by atoms with Gasteiger partial charge in [0.1, 0.15) is 0 Å². The molecular formula is C45H40BN3. The highest BCUT2D eigenvalue weighted by Gasteiger charge is 2.61. The van der Waals surface area contributed by atoms with Crippen LogP contribution in [0.25, 0.3) is 0 Å². The molecule has 238 valence electrons. The molecule has 0 spiro atoms. The van der Waals surface area contributed by atoms with Crippen LogP contribution in [0.5, 0.6) is 0 Å². The van der Waals surface area contributed by atoms with Crippen molar-refractivity contribution in [1.29, 1.82) is 0 Å². The van der Waals surface area contributed by atoms with E-state index in [1.165, 1.54) is 76.1 Å². The molecule has 0 amide bonds. The largest absolute Gasteiger partial charge is 0.335 e. The maximum Gasteiger partial charge on any atom is 0.252 e. The zero-order valence-electron chi connectivity index (χ0n) is 28.5. The lowest BCUT2D eigenvalue weighted by Gasteiger charge is -2.52. The molecule has 2 atom stereocenters. The second kappa shape index (κ2) is 10.4. The predicted molar refractivity (Wildman–Crippen MR) is 208 cm³/mol. The highest BCUT2D eigenvalue weighted by atomic mass is 15.3. The number of nitrogens with zero attached hydrogens (tertiary/aromatic N) is 3. The van der Waals surface area contributed by atoms with E-state index in [9.17, 15) is 0 Å². The third-order valence-corrected chi connectivity index (χ3v) is 12.4. The standard InChI is InChI=1S/C45H40BN3/c1-31-28-36-43-38(29-31)46-37-25-24-35(47(32-16-7-4-8-17-32)33-18-9-5-10-19-33)30-41(37)48(34-20-11-6-12-21-34)39-22-15-23-40(42(39)46)49(43)45(3)27-14-13-26-44(36,45)2/h4-12,15-25,28-30H,13-14,26-27H2,1-3H3. The van der Waals surface area contributed by atoms with Gasteiger partial charge in [-0.05, 0) is 109 Å². The fraction of sp³-hybridized carbons (Fsp3) is 0.200. The fourth-order valence-electron chi connectivity index (χ4n) is 10.0. The van der Waals surface area contributed by atoms with Gasteiger partial charge in [-0.3, -0.25) is 0 Å². The third kappa shape index (κ3) is 3.86. The van der Waals surface area contributed by atoms with Gasteiger partial charge in [-0.2, -0.15) is 0 Å². The topological polar surface area (TPSA) is 9.72 Å². The first-order valence-corrected chi connectivity index (χ1v) is 18.0. The lowest BCUT2D eigenvalue weighted by molar-refractivity contribution is 0.195. The molecule has 3 heterocycles. The van der Waals surface area contributed by atoms with Crippen LogP contribution in [0.15, 0.2) is 140 Å². The Hall–Kier alpha value is -5.22. The number of benzene rings is 6. The van der Waals surface area contributed by atoms with Gasteiger partial charge in [-0.15, -0.1) is 0 Å². The minimum atomic E-state index is 0.0315. The highest BCUT2D eigenvalue weighted by molar-refractivity contribution is 7.00. The number of aryl methyl sites for hydroxylation is 1. The Morgan fingerprint density at radius 2 is 1.24 bits per heavy atom. The van der Waals surface area contributed by atoms with Crippen molar-refractivity contribution < 1.29 is 0 Å². The number of hydrogen-bond acceptors (Lipinski definition) is 3. The van der Waals surface area contributed by atoms with Gasteiger partial charge in [0.05, 0.1) is 5.54 Å². The number of hydrogen-bond donors (Lipinski definition) is 0. The Bertz CT molecular complexity index is 2210. The summed E-state index contributed by atoms with van der Waals surface area (Å²) in [4.78, 5) is 7.72. The van der Waals surface area contributed by atoms with Crippen LogP contribution < -0.4 is 31.1 Å². The maximum atomic E-state index is 2.81. The first-order valence-electron chi connectivity index (χ1n) is 18.0. The van der Waals surface area contributed by atoms with E-state index in [4.69, 9.17) is 0 Å². The molecule has 0 aromatic heterocycles. The molecule has 49 heavy (non-hydrogen) atoms. The van der Waals surface area contributed by atoms with Crippen molar-refractivity contribution in [3.8, 4) is 0 Å². The summed E-state index contributed by atoms with van der Waals surface area (Å²) in [5.74, 6) is 0. The van der Waals surface area contributed by atoms with Crippen LogP contribution >= 0.6 is 0 Å². The van der Waals surface area contributed by atoms with Gasteiger partial charge < -0.3 is 14.7 Å². The molecule has 3 nitrogen and oxygen atoms in total. The molecule has 6 aromatic rings. The Kier molecular flexibility index (Phi) is 6.10. The van der Waals surface area contributed by atoms with Gasteiger partial charge >= 0.3 is 0 Å². The molecule has 0 N–H and O–H groups in total. The lowest BCUT2D eigenvalue weighted by Crippen LogP contribution is -2.64. The molecule has 1 aliphatic carbocycles. The second-order valence-corrected chi connectivity index (χ2v) is 15.0. The zero-order valence-corrected chi connectivity index (χ0v) is 28.5. The van der Waals surface area contributed by atoms with Crippen molar-refractivity contribution in [2.45, 2.75) is 57.4 Å². The van der Waals surface area contributed by atoms with Crippen molar-refractivity contribution in [3.05, 3.63) is 151 Å². The zero-order chi connectivity index (χ0) is 32.9. The molecule has 0 saturated heterocycles. The average molecular weight is 634 g/mol. The van der Waals surface area contributed by atoms with E-state index < -0.39 is 0 Å². The van der Waals surface area contributed by atoms with Gasteiger partial charge in [0.25, 0.3) is 6.71 Å². The molecule has 10 rings (SSSR count). The summed E-state index contributed by atoms with van der Waals surface area (Å²) < 4.78 is 0. The van der Waals surface area contributed by atoms with E-state index in [-0.39, 0.29) is 17.7 Å².